The van der Waals surface area contributed by atoms with Gasteiger partial charge in [0, 0.05) is 12.3 Å². The largest absolute Gasteiger partial charge is 0.340 e. The first-order chi connectivity index (χ1) is 9.47. The third-order valence-corrected chi connectivity index (χ3v) is 4.03. The average Bonchev–Trinajstić information content (AvgIpc) is 2.41. The molecule has 0 aromatic heterocycles. The fourth-order valence-corrected chi connectivity index (χ4v) is 2.81. The Kier molecular flexibility index (Phi) is 4.38. The van der Waals surface area contributed by atoms with Crippen molar-refractivity contribution in [3.8, 4) is 0 Å². The number of carbonyl (C=O) groups is 2. The lowest BCUT2D eigenvalue weighted by Gasteiger charge is -2.43. The fraction of sp³-hybridized carbons (Fsp3) is 0.467. The Morgan fingerprint density at radius 3 is 2.50 bits per heavy atom. The van der Waals surface area contributed by atoms with Crippen LogP contribution in [0.25, 0.3) is 0 Å². The van der Waals surface area contributed by atoms with Gasteiger partial charge in [-0.25, -0.2) is 0 Å². The first-order valence-corrected chi connectivity index (χ1v) is 8.04. The summed E-state index contributed by atoms with van der Waals surface area (Å²) < 4.78 is 0. The molecular formula is C15H20N2O2S. The summed E-state index contributed by atoms with van der Waals surface area (Å²) in [6, 6.07) is 8.94. The maximum absolute atomic E-state index is 12.6. The van der Waals surface area contributed by atoms with E-state index in [1.807, 2.05) is 36.6 Å². The minimum absolute atomic E-state index is 0.0278. The van der Waals surface area contributed by atoms with Gasteiger partial charge in [-0.15, -0.1) is 0 Å². The van der Waals surface area contributed by atoms with Crippen molar-refractivity contribution >= 4 is 23.6 Å². The second-order valence-corrected chi connectivity index (χ2v) is 6.40. The summed E-state index contributed by atoms with van der Waals surface area (Å²) in [5.41, 5.74) is 0.0239. The summed E-state index contributed by atoms with van der Waals surface area (Å²) in [5.74, 6) is 0.681. The van der Waals surface area contributed by atoms with Crippen molar-refractivity contribution in [3.05, 3.63) is 35.9 Å². The number of piperazine rings is 1. The number of rotatable bonds is 4. The second-order valence-electron chi connectivity index (χ2n) is 5.42. The van der Waals surface area contributed by atoms with Crippen LogP contribution >= 0.6 is 11.8 Å². The number of nitrogens with one attached hydrogen (secondary N) is 1. The van der Waals surface area contributed by atoms with Gasteiger partial charge in [0.2, 0.25) is 11.8 Å². The molecule has 1 unspecified atom stereocenters. The maximum Gasteiger partial charge on any atom is 0.248 e. The molecule has 20 heavy (non-hydrogen) atoms. The Hall–Kier alpha value is -1.49. The Labute approximate surface area is 123 Å². The monoisotopic (exact) mass is 292 g/mol. The fourth-order valence-electron chi connectivity index (χ4n) is 2.43. The zero-order chi connectivity index (χ0) is 14.8. The lowest BCUT2D eigenvalue weighted by molar-refractivity contribution is -0.153. The van der Waals surface area contributed by atoms with E-state index in [9.17, 15) is 9.59 Å². The van der Waals surface area contributed by atoms with Gasteiger partial charge in [-0.1, -0.05) is 30.3 Å². The molecule has 1 N–H and O–H groups in total. The highest BCUT2D eigenvalue weighted by atomic mass is 32.2. The predicted molar refractivity (Wildman–Crippen MR) is 81.5 cm³/mol. The summed E-state index contributed by atoms with van der Waals surface area (Å²) in [6.07, 6.45) is 2.00. The number of hydrogen-bond acceptors (Lipinski definition) is 3. The Balaban J connectivity index is 2.36. The molecule has 1 saturated heterocycles. The van der Waals surface area contributed by atoms with Crippen LogP contribution in [-0.2, 0) is 9.59 Å². The molecule has 1 fully saturated rings. The highest BCUT2D eigenvalue weighted by Gasteiger charge is 2.45. The summed E-state index contributed by atoms with van der Waals surface area (Å²) >= 11 is 1.67. The summed E-state index contributed by atoms with van der Waals surface area (Å²) in [5, 5.41) is 2.82. The van der Waals surface area contributed by atoms with E-state index in [1.165, 1.54) is 0 Å². The highest BCUT2D eigenvalue weighted by molar-refractivity contribution is 7.98. The van der Waals surface area contributed by atoms with Gasteiger partial charge in [-0.3, -0.25) is 9.59 Å². The van der Waals surface area contributed by atoms with Crippen molar-refractivity contribution < 1.29 is 9.59 Å². The average molecular weight is 292 g/mol. The normalized spacial score (nSPS) is 21.8. The molecule has 2 amide bonds. The van der Waals surface area contributed by atoms with Crippen molar-refractivity contribution in [2.75, 3.05) is 18.6 Å². The lowest BCUT2D eigenvalue weighted by atomic mass is 9.93. The standard InChI is InChI=1S/C15H20N2O2S/c1-15(2)14(19)17(9-10-20-3)12(13(18)16-15)11-7-5-4-6-8-11/h4-8,12H,9-10H2,1-3H3,(H,16,18). The molecule has 4 nitrogen and oxygen atoms in total. The molecule has 1 heterocycles. The maximum atomic E-state index is 12.6. The van der Waals surface area contributed by atoms with Gasteiger partial charge in [-0.2, -0.15) is 11.8 Å². The number of carbonyl (C=O) groups excluding carboxylic acids is 2. The van der Waals surface area contributed by atoms with E-state index >= 15 is 0 Å². The number of amides is 2. The molecule has 1 aliphatic heterocycles. The summed E-state index contributed by atoms with van der Waals surface area (Å²) in [7, 11) is 0. The van der Waals surface area contributed by atoms with Gasteiger partial charge in [0.15, 0.2) is 0 Å². The number of hydrogen-bond donors (Lipinski definition) is 1. The van der Waals surface area contributed by atoms with E-state index in [2.05, 4.69) is 5.32 Å². The molecule has 0 aliphatic carbocycles. The predicted octanol–water partition coefficient (Wildman–Crippen LogP) is 1.83. The number of thioether (sulfide) groups is 1. The van der Waals surface area contributed by atoms with Gasteiger partial charge in [-0.05, 0) is 25.7 Å². The van der Waals surface area contributed by atoms with Crippen LogP contribution in [-0.4, -0.2) is 40.8 Å². The van der Waals surface area contributed by atoms with Crippen LogP contribution in [0.3, 0.4) is 0 Å². The zero-order valence-electron chi connectivity index (χ0n) is 12.1. The van der Waals surface area contributed by atoms with Crippen LogP contribution < -0.4 is 5.32 Å². The molecule has 2 rings (SSSR count). The second kappa shape index (κ2) is 5.87. The van der Waals surface area contributed by atoms with Crippen LogP contribution in [0.1, 0.15) is 25.5 Å². The molecule has 1 aromatic rings. The minimum Gasteiger partial charge on any atom is -0.340 e. The molecule has 0 radical (unpaired) electrons. The van der Waals surface area contributed by atoms with Crippen LogP contribution in [0.5, 0.6) is 0 Å². The van der Waals surface area contributed by atoms with Crippen molar-refractivity contribution in [1.82, 2.24) is 10.2 Å². The first-order valence-electron chi connectivity index (χ1n) is 6.64. The van der Waals surface area contributed by atoms with Crippen molar-refractivity contribution in [2.24, 2.45) is 0 Å². The smallest absolute Gasteiger partial charge is 0.248 e. The van der Waals surface area contributed by atoms with E-state index in [0.717, 1.165) is 11.3 Å². The van der Waals surface area contributed by atoms with Crippen LogP contribution in [0, 0.1) is 0 Å². The third-order valence-electron chi connectivity index (χ3n) is 3.44. The molecule has 1 aliphatic rings. The van der Waals surface area contributed by atoms with Crippen LogP contribution in [0.2, 0.25) is 0 Å². The van der Waals surface area contributed by atoms with Gasteiger partial charge in [0.05, 0.1) is 0 Å². The molecule has 5 heteroatoms. The van der Waals surface area contributed by atoms with E-state index in [1.54, 1.807) is 30.5 Å². The van der Waals surface area contributed by atoms with E-state index in [-0.39, 0.29) is 11.8 Å². The Morgan fingerprint density at radius 1 is 1.25 bits per heavy atom. The van der Waals surface area contributed by atoms with Crippen LogP contribution in [0.15, 0.2) is 30.3 Å². The molecule has 108 valence electrons. The van der Waals surface area contributed by atoms with Crippen LogP contribution in [0.4, 0.5) is 0 Å². The lowest BCUT2D eigenvalue weighted by Crippen LogP contribution is -2.65. The van der Waals surface area contributed by atoms with Gasteiger partial charge in [0.25, 0.3) is 0 Å². The quantitative estimate of drug-likeness (QED) is 0.921. The van der Waals surface area contributed by atoms with E-state index in [4.69, 9.17) is 0 Å². The van der Waals surface area contributed by atoms with Gasteiger partial charge in [0.1, 0.15) is 11.6 Å². The highest BCUT2D eigenvalue weighted by Crippen LogP contribution is 2.29. The van der Waals surface area contributed by atoms with E-state index in [0.29, 0.717) is 6.54 Å². The number of benzene rings is 1. The molecule has 0 saturated carbocycles. The third kappa shape index (κ3) is 2.82. The molecule has 1 atom stereocenters. The van der Waals surface area contributed by atoms with Crippen molar-refractivity contribution in [3.63, 3.8) is 0 Å². The summed E-state index contributed by atoms with van der Waals surface area (Å²) in [6.45, 7) is 4.08. The summed E-state index contributed by atoms with van der Waals surface area (Å²) in [4.78, 5) is 26.7. The Bertz CT molecular complexity index is 502. The van der Waals surface area contributed by atoms with Crippen molar-refractivity contribution in [2.45, 2.75) is 25.4 Å². The van der Waals surface area contributed by atoms with Gasteiger partial charge < -0.3 is 10.2 Å². The van der Waals surface area contributed by atoms with Crippen molar-refractivity contribution in [1.29, 1.82) is 0 Å². The van der Waals surface area contributed by atoms with Gasteiger partial charge >= 0.3 is 0 Å². The molecular weight excluding hydrogens is 272 g/mol. The molecule has 1 aromatic carbocycles. The number of nitrogens with zero attached hydrogens (tertiary/aromatic N) is 1. The zero-order valence-corrected chi connectivity index (χ0v) is 12.9. The molecule has 0 bridgehead atoms. The minimum atomic E-state index is -0.833. The Morgan fingerprint density at radius 2 is 1.90 bits per heavy atom. The topological polar surface area (TPSA) is 49.4 Å². The van der Waals surface area contributed by atoms with E-state index < -0.39 is 11.6 Å². The SMILES string of the molecule is CSCCN1C(=O)C(C)(C)NC(=O)C1c1ccccc1. The first kappa shape index (κ1) is 14.9. The molecule has 0 spiro atoms.